The summed E-state index contributed by atoms with van der Waals surface area (Å²) in [7, 11) is 0. The third-order valence-electron chi connectivity index (χ3n) is 1.73. The summed E-state index contributed by atoms with van der Waals surface area (Å²) < 4.78 is 0.692. The van der Waals surface area contributed by atoms with E-state index >= 15 is 0 Å². The highest BCUT2D eigenvalue weighted by atomic mass is 79.9. The third-order valence-corrected chi connectivity index (χ3v) is 2.19. The SMILES string of the molecule is O=C(O)Cc1cc(Br)cc(CC(=O)O)c1. The van der Waals surface area contributed by atoms with Crippen molar-refractivity contribution >= 4 is 27.9 Å². The molecule has 4 nitrogen and oxygen atoms in total. The summed E-state index contributed by atoms with van der Waals surface area (Å²) in [6.45, 7) is 0. The summed E-state index contributed by atoms with van der Waals surface area (Å²) >= 11 is 3.21. The zero-order valence-electron chi connectivity index (χ0n) is 7.74. The van der Waals surface area contributed by atoms with Gasteiger partial charge in [-0.15, -0.1) is 0 Å². The lowest BCUT2D eigenvalue weighted by atomic mass is 10.1. The van der Waals surface area contributed by atoms with E-state index in [0.29, 0.717) is 15.6 Å². The number of aliphatic carboxylic acids is 2. The van der Waals surface area contributed by atoms with Crippen LogP contribution < -0.4 is 0 Å². The molecule has 0 aliphatic heterocycles. The average Bonchev–Trinajstić information content (AvgIpc) is 1.98. The molecule has 0 aromatic heterocycles. The predicted octanol–water partition coefficient (Wildman–Crippen LogP) is 1.70. The highest BCUT2D eigenvalue weighted by molar-refractivity contribution is 9.10. The molecule has 0 aliphatic rings. The Morgan fingerprint density at radius 3 is 1.73 bits per heavy atom. The van der Waals surface area contributed by atoms with Gasteiger partial charge in [0, 0.05) is 4.47 Å². The Bertz CT molecular complexity index is 366. The summed E-state index contributed by atoms with van der Waals surface area (Å²) in [4.78, 5) is 21.0. The minimum Gasteiger partial charge on any atom is -0.481 e. The van der Waals surface area contributed by atoms with E-state index in [9.17, 15) is 9.59 Å². The van der Waals surface area contributed by atoms with Crippen LogP contribution in [0.3, 0.4) is 0 Å². The van der Waals surface area contributed by atoms with Crippen molar-refractivity contribution in [1.29, 1.82) is 0 Å². The van der Waals surface area contributed by atoms with Gasteiger partial charge in [-0.3, -0.25) is 9.59 Å². The molecule has 1 rings (SSSR count). The number of halogens is 1. The molecule has 1 aromatic rings. The quantitative estimate of drug-likeness (QED) is 0.875. The third kappa shape index (κ3) is 4.12. The minimum absolute atomic E-state index is 0.105. The Hall–Kier alpha value is -1.36. The molecule has 0 heterocycles. The van der Waals surface area contributed by atoms with E-state index in [-0.39, 0.29) is 12.8 Å². The first-order chi connectivity index (χ1) is 6.97. The van der Waals surface area contributed by atoms with Crippen LogP contribution in [-0.4, -0.2) is 22.2 Å². The minimum atomic E-state index is -0.936. The van der Waals surface area contributed by atoms with E-state index in [1.54, 1.807) is 18.2 Å². The molecule has 0 aliphatic carbocycles. The largest absolute Gasteiger partial charge is 0.481 e. The number of carbonyl (C=O) groups is 2. The number of carboxylic acid groups (broad SMARTS) is 2. The fourth-order valence-electron chi connectivity index (χ4n) is 1.27. The number of carboxylic acids is 2. The molecule has 0 fully saturated rings. The molecule has 1 aromatic carbocycles. The Balaban J connectivity index is 2.94. The summed E-state index contributed by atoms with van der Waals surface area (Å²) in [6, 6.07) is 4.92. The summed E-state index contributed by atoms with van der Waals surface area (Å²) in [5.41, 5.74) is 1.18. The summed E-state index contributed by atoms with van der Waals surface area (Å²) in [5.74, 6) is -1.87. The van der Waals surface area contributed by atoms with E-state index in [4.69, 9.17) is 10.2 Å². The molecular weight excluding hydrogens is 264 g/mol. The molecule has 0 saturated carbocycles. The van der Waals surface area contributed by atoms with Crippen LogP contribution >= 0.6 is 15.9 Å². The van der Waals surface area contributed by atoms with E-state index in [0.717, 1.165) is 0 Å². The highest BCUT2D eigenvalue weighted by Crippen LogP contribution is 2.17. The monoisotopic (exact) mass is 272 g/mol. The molecule has 0 amide bonds. The zero-order valence-corrected chi connectivity index (χ0v) is 9.32. The molecule has 80 valence electrons. The summed E-state index contributed by atoms with van der Waals surface area (Å²) in [6.07, 6.45) is -0.210. The fourth-order valence-corrected chi connectivity index (χ4v) is 1.86. The maximum absolute atomic E-state index is 10.5. The van der Waals surface area contributed by atoms with Gasteiger partial charge in [0.05, 0.1) is 12.8 Å². The van der Waals surface area contributed by atoms with Gasteiger partial charge in [0.25, 0.3) is 0 Å². The maximum Gasteiger partial charge on any atom is 0.307 e. The van der Waals surface area contributed by atoms with Crippen LogP contribution in [-0.2, 0) is 22.4 Å². The second-order valence-electron chi connectivity index (χ2n) is 3.11. The Labute approximate surface area is 94.7 Å². The van der Waals surface area contributed by atoms with Crippen LogP contribution in [0.25, 0.3) is 0 Å². The van der Waals surface area contributed by atoms with Crippen molar-refractivity contribution in [2.45, 2.75) is 12.8 Å². The van der Waals surface area contributed by atoms with Crippen molar-refractivity contribution in [3.8, 4) is 0 Å². The molecule has 15 heavy (non-hydrogen) atoms. The Morgan fingerprint density at radius 1 is 1.00 bits per heavy atom. The number of rotatable bonds is 4. The van der Waals surface area contributed by atoms with Gasteiger partial charge in [-0.1, -0.05) is 22.0 Å². The number of benzene rings is 1. The van der Waals surface area contributed by atoms with Crippen LogP contribution in [0.15, 0.2) is 22.7 Å². The van der Waals surface area contributed by atoms with Gasteiger partial charge in [0.15, 0.2) is 0 Å². The average molecular weight is 273 g/mol. The van der Waals surface area contributed by atoms with Gasteiger partial charge in [-0.2, -0.15) is 0 Å². The van der Waals surface area contributed by atoms with E-state index in [2.05, 4.69) is 15.9 Å². The first-order valence-electron chi connectivity index (χ1n) is 4.19. The maximum atomic E-state index is 10.5. The first-order valence-corrected chi connectivity index (χ1v) is 4.98. The lowest BCUT2D eigenvalue weighted by Crippen LogP contribution is -2.03. The summed E-state index contributed by atoms with van der Waals surface area (Å²) in [5, 5.41) is 17.2. The van der Waals surface area contributed by atoms with Crippen molar-refractivity contribution in [1.82, 2.24) is 0 Å². The zero-order chi connectivity index (χ0) is 11.4. The van der Waals surface area contributed by atoms with Gasteiger partial charge in [-0.05, 0) is 23.3 Å². The lowest BCUT2D eigenvalue weighted by molar-refractivity contribution is -0.137. The van der Waals surface area contributed by atoms with E-state index < -0.39 is 11.9 Å². The van der Waals surface area contributed by atoms with Crippen LogP contribution in [0, 0.1) is 0 Å². The molecule has 0 unspecified atom stereocenters. The molecule has 0 bridgehead atoms. The number of hydrogen-bond acceptors (Lipinski definition) is 2. The van der Waals surface area contributed by atoms with Gasteiger partial charge < -0.3 is 10.2 Å². The fraction of sp³-hybridized carbons (Fsp3) is 0.200. The molecule has 0 atom stereocenters. The predicted molar refractivity (Wildman–Crippen MR) is 56.8 cm³/mol. The van der Waals surface area contributed by atoms with Gasteiger partial charge in [0.1, 0.15) is 0 Å². The van der Waals surface area contributed by atoms with Crippen LogP contribution in [0.1, 0.15) is 11.1 Å². The van der Waals surface area contributed by atoms with Crippen molar-refractivity contribution in [3.05, 3.63) is 33.8 Å². The molecule has 0 saturated heterocycles. The Kier molecular flexibility index (Phi) is 3.85. The van der Waals surface area contributed by atoms with Crippen molar-refractivity contribution in [2.75, 3.05) is 0 Å². The van der Waals surface area contributed by atoms with Gasteiger partial charge in [0.2, 0.25) is 0 Å². The molecule has 0 spiro atoms. The van der Waals surface area contributed by atoms with Crippen molar-refractivity contribution < 1.29 is 19.8 Å². The topological polar surface area (TPSA) is 74.6 Å². The molecule has 0 radical (unpaired) electrons. The Morgan fingerprint density at radius 2 is 1.40 bits per heavy atom. The van der Waals surface area contributed by atoms with Gasteiger partial charge in [-0.25, -0.2) is 0 Å². The normalized spacial score (nSPS) is 9.93. The van der Waals surface area contributed by atoms with E-state index in [1.807, 2.05) is 0 Å². The molecular formula is C10H9BrO4. The van der Waals surface area contributed by atoms with E-state index in [1.165, 1.54) is 0 Å². The van der Waals surface area contributed by atoms with Crippen molar-refractivity contribution in [2.24, 2.45) is 0 Å². The number of hydrogen-bond donors (Lipinski definition) is 2. The smallest absolute Gasteiger partial charge is 0.307 e. The lowest BCUT2D eigenvalue weighted by Gasteiger charge is -2.03. The molecule has 2 N–H and O–H groups in total. The standard InChI is InChI=1S/C10H9BrO4/c11-8-2-6(4-9(12)13)1-7(3-8)5-10(14)15/h1-3H,4-5H2,(H,12,13)(H,14,15). The first kappa shape index (κ1) is 11.7. The molecule has 5 heteroatoms. The van der Waals surface area contributed by atoms with Crippen LogP contribution in [0.5, 0.6) is 0 Å². The second-order valence-corrected chi connectivity index (χ2v) is 4.02. The second kappa shape index (κ2) is 4.93. The van der Waals surface area contributed by atoms with Crippen molar-refractivity contribution in [3.63, 3.8) is 0 Å². The highest BCUT2D eigenvalue weighted by Gasteiger charge is 2.06. The van der Waals surface area contributed by atoms with Crippen LogP contribution in [0.2, 0.25) is 0 Å². The van der Waals surface area contributed by atoms with Crippen LogP contribution in [0.4, 0.5) is 0 Å². The van der Waals surface area contributed by atoms with Gasteiger partial charge >= 0.3 is 11.9 Å².